The standard InChI is InChI=1S/C34H39N5O9/c1-6-21-15-26(31(40)37-23-11-9-22(10-12-23)30(35)38-45)25(16-28(21)46-5)24-13-14-27(32(41)36-17-20-7-8-20)39(29(24)33(42)43)19(4)48-34(44)47-18(2)3/h6,9-16,18-20,29,45H,1,7-8,17H2,2-5H3,(H2,35,38)(H,36,41)(H,37,40)(H,42,43). The zero-order valence-corrected chi connectivity index (χ0v) is 27.0. The number of aliphatic carboxylic acids is 1. The number of hydrogen-bond acceptors (Lipinski definition) is 10. The van der Waals surface area contributed by atoms with Crippen LogP contribution < -0.4 is 20.9 Å². The molecule has 14 heteroatoms. The van der Waals surface area contributed by atoms with Crippen molar-refractivity contribution >= 4 is 47.1 Å². The maximum absolute atomic E-state index is 13.9. The van der Waals surface area contributed by atoms with Crippen molar-refractivity contribution in [3.05, 3.63) is 83.1 Å². The molecule has 0 radical (unpaired) electrons. The predicted octanol–water partition coefficient (Wildman–Crippen LogP) is 4.36. The number of anilines is 1. The molecule has 1 fully saturated rings. The summed E-state index contributed by atoms with van der Waals surface area (Å²) in [4.78, 5) is 54.1. The van der Waals surface area contributed by atoms with Gasteiger partial charge in [-0.05, 0) is 93.1 Å². The molecule has 0 saturated heterocycles. The van der Waals surface area contributed by atoms with E-state index in [1.807, 2.05) is 0 Å². The predicted molar refractivity (Wildman–Crippen MR) is 176 cm³/mol. The number of carbonyl (C=O) groups excluding carboxylic acids is 3. The Morgan fingerprint density at radius 3 is 2.31 bits per heavy atom. The first kappa shape index (κ1) is 35.2. The van der Waals surface area contributed by atoms with E-state index in [1.54, 1.807) is 19.3 Å². The lowest BCUT2D eigenvalue weighted by Gasteiger charge is -2.39. The number of hydrogen-bond donors (Lipinski definition) is 6. The Kier molecular flexibility index (Phi) is 11.2. The average molecular weight is 662 g/mol. The van der Waals surface area contributed by atoms with Crippen molar-refractivity contribution in [1.82, 2.24) is 15.7 Å². The number of benzene rings is 2. The van der Waals surface area contributed by atoms with Crippen molar-refractivity contribution in [2.45, 2.75) is 52.0 Å². The number of amidine groups is 1. The molecule has 1 heterocycles. The van der Waals surface area contributed by atoms with Gasteiger partial charge in [-0.25, -0.2) is 9.59 Å². The molecule has 2 atom stereocenters. The second-order valence-corrected chi connectivity index (χ2v) is 11.5. The molecule has 6 N–H and O–H groups in total. The van der Waals surface area contributed by atoms with E-state index in [0.29, 0.717) is 35.0 Å². The quantitative estimate of drug-likeness (QED) is 0.0771. The van der Waals surface area contributed by atoms with Gasteiger partial charge in [-0.1, -0.05) is 18.7 Å². The minimum atomic E-state index is -1.61. The maximum Gasteiger partial charge on any atom is 0.510 e. The highest BCUT2D eigenvalue weighted by Crippen LogP contribution is 2.37. The molecule has 1 aliphatic carbocycles. The summed E-state index contributed by atoms with van der Waals surface area (Å²) in [6.45, 7) is 8.89. The van der Waals surface area contributed by atoms with Crippen LogP contribution in [0.3, 0.4) is 0 Å². The third-order valence-electron chi connectivity index (χ3n) is 7.67. The van der Waals surface area contributed by atoms with Crippen molar-refractivity contribution in [2.24, 2.45) is 5.92 Å². The fraction of sp³-hybridized carbons (Fsp3) is 0.324. The van der Waals surface area contributed by atoms with E-state index >= 15 is 0 Å². The summed E-state index contributed by atoms with van der Waals surface area (Å²) < 4.78 is 16.1. The Labute approximate surface area is 277 Å². The van der Waals surface area contributed by atoms with Crippen LogP contribution in [0.5, 0.6) is 5.75 Å². The molecule has 1 aliphatic heterocycles. The second kappa shape index (κ2) is 15.3. The fourth-order valence-corrected chi connectivity index (χ4v) is 5.13. The number of methoxy groups -OCH3 is 1. The van der Waals surface area contributed by atoms with Crippen LogP contribution in [0.2, 0.25) is 0 Å². The fourth-order valence-electron chi connectivity index (χ4n) is 5.13. The molecule has 0 spiro atoms. The van der Waals surface area contributed by atoms with Gasteiger partial charge < -0.3 is 34.9 Å². The van der Waals surface area contributed by atoms with E-state index < -0.39 is 42.3 Å². The lowest BCUT2D eigenvalue weighted by atomic mass is 9.88. The van der Waals surface area contributed by atoms with Gasteiger partial charge in [-0.3, -0.25) is 25.7 Å². The number of nitrogens with zero attached hydrogens (tertiary/aromatic N) is 1. The number of hydroxylamine groups is 1. The molecule has 2 unspecified atom stereocenters. The number of ether oxygens (including phenoxy) is 3. The summed E-state index contributed by atoms with van der Waals surface area (Å²) in [5, 5.41) is 33.0. The molecule has 254 valence electrons. The van der Waals surface area contributed by atoms with E-state index in [-0.39, 0.29) is 28.2 Å². The Morgan fingerprint density at radius 1 is 1.06 bits per heavy atom. The number of carbonyl (C=O) groups is 4. The van der Waals surface area contributed by atoms with Crippen LogP contribution >= 0.6 is 0 Å². The van der Waals surface area contributed by atoms with Crippen molar-refractivity contribution in [3.8, 4) is 5.75 Å². The molecule has 2 amide bonds. The highest BCUT2D eigenvalue weighted by molar-refractivity contribution is 6.10. The van der Waals surface area contributed by atoms with Gasteiger partial charge in [-0.15, -0.1) is 0 Å². The molecule has 0 aromatic heterocycles. The molecule has 48 heavy (non-hydrogen) atoms. The average Bonchev–Trinajstić information content (AvgIpc) is 3.90. The zero-order chi connectivity index (χ0) is 35.1. The number of carboxylic acid groups (broad SMARTS) is 1. The molecule has 0 bridgehead atoms. The highest BCUT2D eigenvalue weighted by atomic mass is 16.7. The van der Waals surface area contributed by atoms with Crippen molar-refractivity contribution < 1.29 is 43.7 Å². The largest absolute Gasteiger partial charge is 0.510 e. The smallest absolute Gasteiger partial charge is 0.496 e. The summed E-state index contributed by atoms with van der Waals surface area (Å²) in [5.41, 5.74) is 3.19. The number of nitrogens with one attached hydrogen (secondary N) is 4. The van der Waals surface area contributed by atoms with Gasteiger partial charge in [0.15, 0.2) is 12.3 Å². The van der Waals surface area contributed by atoms with Crippen LogP contribution in [0.4, 0.5) is 10.5 Å². The Balaban J connectivity index is 1.82. The summed E-state index contributed by atoms with van der Waals surface area (Å²) in [5.74, 6) is -2.15. The molecule has 2 aromatic rings. The third kappa shape index (κ3) is 8.20. The van der Waals surface area contributed by atoms with Gasteiger partial charge in [-0.2, -0.15) is 0 Å². The highest BCUT2D eigenvalue weighted by Gasteiger charge is 2.42. The first-order valence-electron chi connectivity index (χ1n) is 15.2. The maximum atomic E-state index is 13.9. The molecular weight excluding hydrogens is 622 g/mol. The van der Waals surface area contributed by atoms with Gasteiger partial charge in [0.1, 0.15) is 17.3 Å². The van der Waals surface area contributed by atoms with E-state index in [9.17, 15) is 24.3 Å². The summed E-state index contributed by atoms with van der Waals surface area (Å²) >= 11 is 0. The molecule has 2 aliphatic rings. The Bertz CT molecular complexity index is 1660. The van der Waals surface area contributed by atoms with Crippen molar-refractivity contribution in [2.75, 3.05) is 19.0 Å². The Morgan fingerprint density at radius 2 is 1.75 bits per heavy atom. The van der Waals surface area contributed by atoms with E-state index in [1.165, 1.54) is 73.6 Å². The van der Waals surface area contributed by atoms with E-state index in [2.05, 4.69) is 17.2 Å². The zero-order valence-electron chi connectivity index (χ0n) is 27.0. The summed E-state index contributed by atoms with van der Waals surface area (Å²) in [6.07, 6.45) is 3.44. The number of allylic oxidation sites excluding steroid dienone is 2. The van der Waals surface area contributed by atoms with Gasteiger partial charge in [0.05, 0.1) is 13.2 Å². The Hall–Kier alpha value is -5.63. The van der Waals surface area contributed by atoms with E-state index in [4.69, 9.17) is 24.8 Å². The summed E-state index contributed by atoms with van der Waals surface area (Å²) in [7, 11) is 1.42. The monoisotopic (exact) mass is 661 g/mol. The van der Waals surface area contributed by atoms with Gasteiger partial charge in [0.2, 0.25) is 0 Å². The van der Waals surface area contributed by atoms with Crippen LogP contribution in [0.15, 0.2) is 60.8 Å². The summed E-state index contributed by atoms with van der Waals surface area (Å²) in [6, 6.07) is 7.49. The molecule has 14 nitrogen and oxygen atoms in total. The SMILES string of the molecule is C=Cc1cc(C(=O)Nc2ccc(C(=N)NO)cc2)c(C2=CC=C(C(=O)NCC3CC3)N(C(C)OC(=O)OC(C)C)C2C(=O)O)cc1OC. The molecule has 4 rings (SSSR count). The topological polar surface area (TPSA) is 200 Å². The second-order valence-electron chi connectivity index (χ2n) is 11.5. The van der Waals surface area contributed by atoms with Crippen molar-refractivity contribution in [3.63, 3.8) is 0 Å². The lowest BCUT2D eigenvalue weighted by Crippen LogP contribution is -2.52. The molecular formula is C34H39N5O9. The van der Waals surface area contributed by atoms with Crippen LogP contribution in [0, 0.1) is 11.3 Å². The third-order valence-corrected chi connectivity index (χ3v) is 7.67. The normalized spacial score (nSPS) is 16.1. The van der Waals surface area contributed by atoms with Gasteiger partial charge >= 0.3 is 12.1 Å². The minimum Gasteiger partial charge on any atom is -0.496 e. The van der Waals surface area contributed by atoms with Gasteiger partial charge in [0, 0.05) is 28.9 Å². The van der Waals surface area contributed by atoms with Crippen LogP contribution in [-0.4, -0.2) is 77.0 Å². The van der Waals surface area contributed by atoms with Crippen LogP contribution in [0.25, 0.3) is 11.6 Å². The van der Waals surface area contributed by atoms with Gasteiger partial charge in [0.25, 0.3) is 11.8 Å². The van der Waals surface area contributed by atoms with Crippen LogP contribution in [0.1, 0.15) is 60.7 Å². The van der Waals surface area contributed by atoms with Crippen LogP contribution in [-0.2, 0) is 19.1 Å². The first-order chi connectivity index (χ1) is 22.9. The first-order valence-corrected chi connectivity index (χ1v) is 15.2. The van der Waals surface area contributed by atoms with Crippen molar-refractivity contribution in [1.29, 1.82) is 5.41 Å². The number of amides is 2. The number of carboxylic acids is 1. The lowest BCUT2D eigenvalue weighted by molar-refractivity contribution is -0.145. The molecule has 2 aromatic carbocycles. The van der Waals surface area contributed by atoms with E-state index in [0.717, 1.165) is 12.8 Å². The molecule has 1 saturated carbocycles. The number of rotatable bonds is 13. The minimum absolute atomic E-state index is 0.0552.